The molecule has 1 aliphatic carbocycles. The maximum atomic E-state index is 12.1. The summed E-state index contributed by atoms with van der Waals surface area (Å²) in [4.78, 5) is 0.324. The van der Waals surface area contributed by atoms with Gasteiger partial charge in [0.2, 0.25) is 10.0 Å². The minimum Gasteiger partial charge on any atom is -0.399 e. The zero-order valence-corrected chi connectivity index (χ0v) is 11.5. The van der Waals surface area contributed by atoms with Crippen molar-refractivity contribution in [3.8, 4) is 0 Å². The zero-order valence-electron chi connectivity index (χ0n) is 10.6. The van der Waals surface area contributed by atoms with Gasteiger partial charge in [0.25, 0.3) is 0 Å². The van der Waals surface area contributed by atoms with Gasteiger partial charge in [-0.3, -0.25) is 0 Å². The summed E-state index contributed by atoms with van der Waals surface area (Å²) in [5, 5.41) is 0. The molecule has 1 fully saturated rings. The van der Waals surface area contributed by atoms with Gasteiger partial charge in [0.1, 0.15) is 0 Å². The van der Waals surface area contributed by atoms with Gasteiger partial charge in [0, 0.05) is 12.2 Å². The largest absolute Gasteiger partial charge is 0.399 e. The number of hydrogen-bond donors (Lipinski definition) is 2. The standard InChI is InChI=1S/C13H20N2O2S/c1-10-9-12(14)5-6-13(10)18(16,17)15-8-7-11-3-2-4-11/h5-6,9,11,15H,2-4,7-8,14H2,1H3. The molecule has 1 aliphatic rings. The first-order valence-corrected chi connectivity index (χ1v) is 7.83. The van der Waals surface area contributed by atoms with E-state index in [-0.39, 0.29) is 0 Å². The molecule has 1 saturated carbocycles. The van der Waals surface area contributed by atoms with E-state index in [1.165, 1.54) is 19.3 Å². The fourth-order valence-corrected chi connectivity index (χ4v) is 3.50. The molecule has 5 heteroatoms. The van der Waals surface area contributed by atoms with E-state index in [0.29, 0.717) is 28.6 Å². The van der Waals surface area contributed by atoms with Gasteiger partial charge in [-0.15, -0.1) is 0 Å². The summed E-state index contributed by atoms with van der Waals surface area (Å²) in [6.45, 7) is 2.29. The van der Waals surface area contributed by atoms with Crippen molar-refractivity contribution in [2.24, 2.45) is 5.92 Å². The molecule has 1 aromatic rings. The Morgan fingerprint density at radius 1 is 1.39 bits per heavy atom. The van der Waals surface area contributed by atoms with Gasteiger partial charge in [-0.1, -0.05) is 19.3 Å². The first-order chi connectivity index (χ1) is 8.49. The third-order valence-electron chi connectivity index (χ3n) is 3.56. The number of nitrogens with one attached hydrogen (secondary N) is 1. The smallest absolute Gasteiger partial charge is 0.240 e. The minimum atomic E-state index is -3.39. The Hall–Kier alpha value is -1.07. The fourth-order valence-electron chi connectivity index (χ4n) is 2.23. The summed E-state index contributed by atoms with van der Waals surface area (Å²) >= 11 is 0. The van der Waals surface area contributed by atoms with E-state index >= 15 is 0 Å². The molecule has 0 heterocycles. The Kier molecular flexibility index (Phi) is 3.92. The van der Waals surface area contributed by atoms with Crippen LogP contribution in [0.5, 0.6) is 0 Å². The van der Waals surface area contributed by atoms with Crippen molar-refractivity contribution in [1.82, 2.24) is 4.72 Å². The molecule has 0 unspecified atom stereocenters. The van der Waals surface area contributed by atoms with Crippen molar-refractivity contribution in [2.45, 2.75) is 37.5 Å². The molecule has 18 heavy (non-hydrogen) atoms. The van der Waals surface area contributed by atoms with E-state index in [2.05, 4.69) is 4.72 Å². The normalized spacial score (nSPS) is 16.5. The van der Waals surface area contributed by atoms with Crippen LogP contribution in [0.2, 0.25) is 0 Å². The van der Waals surface area contributed by atoms with Crippen LogP contribution in [0.1, 0.15) is 31.2 Å². The van der Waals surface area contributed by atoms with Crippen LogP contribution in [-0.2, 0) is 10.0 Å². The van der Waals surface area contributed by atoms with E-state index in [9.17, 15) is 8.42 Å². The Bertz CT molecular complexity index is 522. The van der Waals surface area contributed by atoms with Crippen LogP contribution in [0.3, 0.4) is 0 Å². The highest BCUT2D eigenvalue weighted by molar-refractivity contribution is 7.89. The van der Waals surface area contributed by atoms with Crippen molar-refractivity contribution < 1.29 is 8.42 Å². The lowest BCUT2D eigenvalue weighted by atomic mass is 9.83. The number of aryl methyl sites for hydroxylation is 1. The molecular formula is C13H20N2O2S. The third-order valence-corrected chi connectivity index (χ3v) is 5.18. The second kappa shape index (κ2) is 5.28. The second-order valence-corrected chi connectivity index (χ2v) is 6.74. The van der Waals surface area contributed by atoms with Crippen LogP contribution in [0.15, 0.2) is 23.1 Å². The highest BCUT2D eigenvalue weighted by Gasteiger charge is 2.20. The predicted molar refractivity (Wildman–Crippen MR) is 72.7 cm³/mol. The third kappa shape index (κ3) is 3.03. The van der Waals surface area contributed by atoms with Gasteiger partial charge >= 0.3 is 0 Å². The van der Waals surface area contributed by atoms with Crippen LogP contribution < -0.4 is 10.5 Å². The highest BCUT2D eigenvalue weighted by atomic mass is 32.2. The molecule has 0 radical (unpaired) electrons. The average molecular weight is 268 g/mol. The maximum absolute atomic E-state index is 12.1. The molecule has 0 aliphatic heterocycles. The van der Waals surface area contributed by atoms with Gasteiger partial charge in [-0.2, -0.15) is 0 Å². The zero-order chi connectivity index (χ0) is 13.2. The van der Waals surface area contributed by atoms with Crippen LogP contribution in [0.25, 0.3) is 0 Å². The van der Waals surface area contributed by atoms with Gasteiger partial charge in [-0.05, 0) is 43.0 Å². The van der Waals surface area contributed by atoms with Gasteiger partial charge in [0.05, 0.1) is 4.90 Å². The average Bonchev–Trinajstić information content (AvgIpc) is 2.21. The lowest BCUT2D eigenvalue weighted by Gasteiger charge is -2.25. The molecule has 4 nitrogen and oxygen atoms in total. The van der Waals surface area contributed by atoms with Crippen molar-refractivity contribution in [2.75, 3.05) is 12.3 Å². The SMILES string of the molecule is Cc1cc(N)ccc1S(=O)(=O)NCCC1CCC1. The topological polar surface area (TPSA) is 72.2 Å². The first kappa shape index (κ1) is 13.4. The molecule has 100 valence electrons. The van der Waals surface area contributed by atoms with E-state index in [1.54, 1.807) is 25.1 Å². The predicted octanol–water partition coefficient (Wildman–Crippen LogP) is 2.05. The molecule has 0 amide bonds. The summed E-state index contributed by atoms with van der Waals surface area (Å²) in [6.07, 6.45) is 4.70. The minimum absolute atomic E-state index is 0.324. The van der Waals surface area contributed by atoms with E-state index in [0.717, 1.165) is 6.42 Å². The van der Waals surface area contributed by atoms with Crippen molar-refractivity contribution in [3.05, 3.63) is 23.8 Å². The molecule has 0 saturated heterocycles. The van der Waals surface area contributed by atoms with Crippen LogP contribution in [0.4, 0.5) is 5.69 Å². The van der Waals surface area contributed by atoms with Gasteiger partial charge in [-0.25, -0.2) is 13.1 Å². The van der Waals surface area contributed by atoms with Crippen LogP contribution >= 0.6 is 0 Å². The molecule has 0 bridgehead atoms. The molecule has 3 N–H and O–H groups in total. The number of rotatable bonds is 5. The lowest BCUT2D eigenvalue weighted by molar-refractivity contribution is 0.297. The molecule has 0 atom stereocenters. The first-order valence-electron chi connectivity index (χ1n) is 6.35. The van der Waals surface area contributed by atoms with Crippen molar-refractivity contribution in [3.63, 3.8) is 0 Å². The van der Waals surface area contributed by atoms with Gasteiger partial charge < -0.3 is 5.73 Å². The number of benzene rings is 1. The van der Waals surface area contributed by atoms with E-state index in [1.807, 2.05) is 0 Å². The van der Waals surface area contributed by atoms with Crippen molar-refractivity contribution in [1.29, 1.82) is 0 Å². The summed E-state index contributed by atoms with van der Waals surface area (Å²) < 4.78 is 26.9. The Labute approximate surface area is 109 Å². The lowest BCUT2D eigenvalue weighted by Crippen LogP contribution is -2.28. The number of hydrogen-bond acceptors (Lipinski definition) is 3. The Morgan fingerprint density at radius 2 is 2.11 bits per heavy atom. The summed E-state index contributed by atoms with van der Waals surface area (Å²) in [5.41, 5.74) is 6.89. The highest BCUT2D eigenvalue weighted by Crippen LogP contribution is 2.29. The van der Waals surface area contributed by atoms with Crippen molar-refractivity contribution >= 4 is 15.7 Å². The second-order valence-electron chi connectivity index (χ2n) is 5.01. The van der Waals surface area contributed by atoms with Crippen LogP contribution in [-0.4, -0.2) is 15.0 Å². The fraction of sp³-hybridized carbons (Fsp3) is 0.538. The Balaban J connectivity index is 2.00. The maximum Gasteiger partial charge on any atom is 0.240 e. The monoisotopic (exact) mass is 268 g/mol. The number of nitrogen functional groups attached to an aromatic ring is 1. The Morgan fingerprint density at radius 3 is 2.67 bits per heavy atom. The molecular weight excluding hydrogens is 248 g/mol. The summed E-state index contributed by atoms with van der Waals surface area (Å²) in [5.74, 6) is 0.709. The molecule has 0 aromatic heterocycles. The molecule has 2 rings (SSSR count). The number of nitrogens with two attached hydrogens (primary N) is 1. The molecule has 0 spiro atoms. The quantitative estimate of drug-likeness (QED) is 0.803. The summed E-state index contributed by atoms with van der Waals surface area (Å²) in [7, 11) is -3.39. The van der Waals surface area contributed by atoms with E-state index in [4.69, 9.17) is 5.73 Å². The number of anilines is 1. The summed E-state index contributed by atoms with van der Waals surface area (Å²) in [6, 6.07) is 4.87. The molecule has 1 aromatic carbocycles. The van der Waals surface area contributed by atoms with Crippen LogP contribution in [0, 0.1) is 12.8 Å². The number of sulfonamides is 1. The van der Waals surface area contributed by atoms with Gasteiger partial charge in [0.15, 0.2) is 0 Å². The van der Waals surface area contributed by atoms with E-state index < -0.39 is 10.0 Å².